The van der Waals surface area contributed by atoms with Crippen LogP contribution in [0.3, 0.4) is 0 Å². The van der Waals surface area contributed by atoms with Crippen LogP contribution < -0.4 is 11.1 Å². The first-order valence-electron chi connectivity index (χ1n) is 4.33. The molecule has 1 aromatic heterocycles. The van der Waals surface area contributed by atoms with E-state index < -0.39 is 5.54 Å². The van der Waals surface area contributed by atoms with Crippen LogP contribution in [0.1, 0.15) is 24.2 Å². The molecule has 0 aliphatic rings. The summed E-state index contributed by atoms with van der Waals surface area (Å²) in [5.41, 5.74) is 5.45. The molecule has 92 valence electrons. The summed E-state index contributed by atoms with van der Waals surface area (Å²) in [7, 11) is 0. The second kappa shape index (κ2) is 6.07. The Morgan fingerprint density at radius 1 is 1.56 bits per heavy atom. The van der Waals surface area contributed by atoms with Crippen molar-refractivity contribution in [3.8, 4) is 0 Å². The molecule has 0 spiro atoms. The van der Waals surface area contributed by atoms with E-state index in [9.17, 15) is 4.79 Å². The van der Waals surface area contributed by atoms with Gasteiger partial charge in [0.1, 0.15) is 4.34 Å². The Morgan fingerprint density at radius 3 is 2.50 bits per heavy atom. The lowest BCUT2D eigenvalue weighted by Crippen LogP contribution is -2.48. The van der Waals surface area contributed by atoms with E-state index in [1.807, 2.05) is 13.8 Å². The van der Waals surface area contributed by atoms with Crippen molar-refractivity contribution in [1.29, 1.82) is 0 Å². The highest BCUT2D eigenvalue weighted by Crippen LogP contribution is 2.31. The lowest BCUT2D eigenvalue weighted by Gasteiger charge is -2.23. The second-order valence-electron chi connectivity index (χ2n) is 3.78. The van der Waals surface area contributed by atoms with Crippen molar-refractivity contribution in [2.24, 2.45) is 5.73 Å². The van der Waals surface area contributed by atoms with Crippen LogP contribution in [0.25, 0.3) is 0 Å². The van der Waals surface area contributed by atoms with E-state index in [0.717, 1.165) is 0 Å². The monoisotopic (exact) mass is 302 g/mol. The zero-order chi connectivity index (χ0) is 11.6. The molecular weight excluding hydrogens is 291 g/mol. The number of thiophene rings is 1. The predicted octanol–water partition coefficient (Wildman–Crippen LogP) is 2.94. The molecule has 0 unspecified atom stereocenters. The molecule has 1 aromatic rings. The van der Waals surface area contributed by atoms with Crippen molar-refractivity contribution in [1.82, 2.24) is 5.32 Å². The summed E-state index contributed by atoms with van der Waals surface area (Å²) >= 11 is 12.8. The molecule has 0 fully saturated rings. The van der Waals surface area contributed by atoms with Crippen LogP contribution >= 0.6 is 46.9 Å². The van der Waals surface area contributed by atoms with Gasteiger partial charge in [0, 0.05) is 12.1 Å². The Kier molecular flexibility index (Phi) is 6.07. The molecule has 1 heterocycles. The standard InChI is InChI=1S/C9H12Cl2N2OS.ClH/c1-9(2,4-12)13-8(14)5-3-6(10)15-7(5)11;/h3H,4,12H2,1-2H3,(H,13,14);1H. The third kappa shape index (κ3) is 4.11. The summed E-state index contributed by atoms with van der Waals surface area (Å²) < 4.78 is 0.890. The average molecular weight is 304 g/mol. The molecule has 1 rings (SSSR count). The maximum absolute atomic E-state index is 11.8. The minimum absolute atomic E-state index is 0. The van der Waals surface area contributed by atoms with Crippen LogP contribution in [-0.2, 0) is 0 Å². The van der Waals surface area contributed by atoms with Crippen LogP contribution in [0.5, 0.6) is 0 Å². The summed E-state index contributed by atoms with van der Waals surface area (Å²) in [4.78, 5) is 11.8. The Labute approximate surface area is 115 Å². The Hall–Kier alpha value is -0.000000000000000222. The molecular formula is C9H13Cl3N2OS. The summed E-state index contributed by atoms with van der Waals surface area (Å²) in [5.74, 6) is -0.251. The van der Waals surface area contributed by atoms with E-state index in [1.165, 1.54) is 11.3 Å². The highest BCUT2D eigenvalue weighted by atomic mass is 35.5. The lowest BCUT2D eigenvalue weighted by molar-refractivity contribution is 0.0916. The third-order valence-corrected chi connectivity index (χ3v) is 3.35. The molecule has 0 atom stereocenters. The number of halogens is 3. The zero-order valence-electron chi connectivity index (χ0n) is 8.84. The van der Waals surface area contributed by atoms with Gasteiger partial charge in [-0.25, -0.2) is 0 Å². The Morgan fingerprint density at radius 2 is 2.12 bits per heavy atom. The fraction of sp³-hybridized carbons (Fsp3) is 0.444. The number of nitrogens with two attached hydrogens (primary N) is 1. The van der Waals surface area contributed by atoms with Crippen LogP contribution in [0.2, 0.25) is 8.67 Å². The third-order valence-electron chi connectivity index (χ3n) is 1.86. The van der Waals surface area contributed by atoms with Crippen molar-refractivity contribution < 1.29 is 4.79 Å². The molecule has 1 amide bonds. The highest BCUT2D eigenvalue weighted by molar-refractivity contribution is 7.20. The minimum Gasteiger partial charge on any atom is -0.346 e. The van der Waals surface area contributed by atoms with Crippen LogP contribution in [-0.4, -0.2) is 18.0 Å². The first-order chi connectivity index (χ1) is 6.85. The Balaban J connectivity index is 0.00000225. The van der Waals surface area contributed by atoms with E-state index in [4.69, 9.17) is 28.9 Å². The smallest absolute Gasteiger partial charge is 0.254 e. The van der Waals surface area contributed by atoms with E-state index in [1.54, 1.807) is 6.07 Å². The largest absolute Gasteiger partial charge is 0.346 e. The van der Waals surface area contributed by atoms with Gasteiger partial charge in [0.15, 0.2) is 0 Å². The average Bonchev–Trinajstić information content (AvgIpc) is 2.45. The van der Waals surface area contributed by atoms with Gasteiger partial charge in [0.2, 0.25) is 0 Å². The van der Waals surface area contributed by atoms with E-state index >= 15 is 0 Å². The van der Waals surface area contributed by atoms with Crippen molar-refractivity contribution >= 4 is 52.9 Å². The summed E-state index contributed by atoms with van der Waals surface area (Å²) in [6.45, 7) is 4.04. The summed E-state index contributed by atoms with van der Waals surface area (Å²) in [6.07, 6.45) is 0. The maximum atomic E-state index is 11.8. The summed E-state index contributed by atoms with van der Waals surface area (Å²) in [5, 5.41) is 2.78. The molecule has 16 heavy (non-hydrogen) atoms. The molecule has 7 heteroatoms. The topological polar surface area (TPSA) is 55.1 Å². The van der Waals surface area contributed by atoms with Crippen molar-refractivity contribution in [2.75, 3.05) is 6.54 Å². The van der Waals surface area contributed by atoms with Gasteiger partial charge in [-0.3, -0.25) is 4.79 Å². The highest BCUT2D eigenvalue weighted by Gasteiger charge is 2.22. The number of amides is 1. The first-order valence-corrected chi connectivity index (χ1v) is 5.90. The van der Waals surface area contributed by atoms with Gasteiger partial charge in [-0.1, -0.05) is 23.2 Å². The first kappa shape index (κ1) is 16.0. The number of nitrogens with one attached hydrogen (secondary N) is 1. The number of carbonyl (C=O) groups is 1. The van der Waals surface area contributed by atoms with Crippen LogP contribution in [0.4, 0.5) is 0 Å². The predicted molar refractivity (Wildman–Crippen MR) is 72.2 cm³/mol. The van der Waals surface area contributed by atoms with Gasteiger partial charge in [-0.15, -0.1) is 23.7 Å². The van der Waals surface area contributed by atoms with Crippen LogP contribution in [0, 0.1) is 0 Å². The van der Waals surface area contributed by atoms with E-state index in [2.05, 4.69) is 5.32 Å². The van der Waals surface area contributed by atoms with Gasteiger partial charge in [0.25, 0.3) is 5.91 Å². The molecule has 0 bridgehead atoms. The molecule has 0 aliphatic carbocycles. The number of carbonyl (C=O) groups excluding carboxylic acids is 1. The number of rotatable bonds is 3. The van der Waals surface area contributed by atoms with Crippen LogP contribution in [0.15, 0.2) is 6.07 Å². The maximum Gasteiger partial charge on any atom is 0.254 e. The van der Waals surface area contributed by atoms with Gasteiger partial charge in [-0.05, 0) is 19.9 Å². The molecule has 0 aliphatic heterocycles. The number of hydrogen-bond donors (Lipinski definition) is 2. The zero-order valence-corrected chi connectivity index (χ0v) is 12.0. The molecule has 3 N–H and O–H groups in total. The fourth-order valence-electron chi connectivity index (χ4n) is 0.921. The van der Waals surface area contributed by atoms with Crippen molar-refractivity contribution in [3.63, 3.8) is 0 Å². The molecule has 0 saturated carbocycles. The summed E-state index contributed by atoms with van der Waals surface area (Å²) in [6, 6.07) is 1.55. The lowest BCUT2D eigenvalue weighted by atomic mass is 10.1. The van der Waals surface area contributed by atoms with Crippen molar-refractivity contribution in [2.45, 2.75) is 19.4 Å². The van der Waals surface area contributed by atoms with Crippen molar-refractivity contribution in [3.05, 3.63) is 20.3 Å². The van der Waals surface area contributed by atoms with E-state index in [-0.39, 0.29) is 18.3 Å². The Bertz CT molecular complexity index is 379. The minimum atomic E-state index is -0.450. The second-order valence-corrected chi connectivity index (χ2v) is 6.07. The molecule has 3 nitrogen and oxygen atoms in total. The fourth-order valence-corrected chi connectivity index (χ4v) is 2.38. The SMILES string of the molecule is CC(C)(CN)NC(=O)c1cc(Cl)sc1Cl.Cl. The normalized spacial score (nSPS) is 10.8. The number of hydrogen-bond acceptors (Lipinski definition) is 3. The molecule has 0 aromatic carbocycles. The van der Waals surface area contributed by atoms with E-state index in [0.29, 0.717) is 20.8 Å². The quantitative estimate of drug-likeness (QED) is 0.902. The van der Waals surface area contributed by atoms with Gasteiger partial charge >= 0.3 is 0 Å². The van der Waals surface area contributed by atoms with Gasteiger partial charge in [-0.2, -0.15) is 0 Å². The molecule has 0 saturated heterocycles. The van der Waals surface area contributed by atoms with Gasteiger partial charge in [0.05, 0.1) is 9.90 Å². The van der Waals surface area contributed by atoms with Gasteiger partial charge < -0.3 is 11.1 Å². The molecule has 0 radical (unpaired) electrons.